The van der Waals surface area contributed by atoms with Crippen LogP contribution in [0, 0.1) is 0 Å². The van der Waals surface area contributed by atoms with Gasteiger partial charge >= 0.3 is 0 Å². The number of rotatable bonds is 11. The molecule has 0 unspecified atom stereocenters. The first kappa shape index (κ1) is 22.1. The van der Waals surface area contributed by atoms with E-state index in [0.717, 1.165) is 56.4 Å². The molecular weight excluding hydrogens is 435 g/mol. The number of fused-ring (bicyclic) bond motifs is 1. The number of halogens is 1. The van der Waals surface area contributed by atoms with Crippen LogP contribution < -0.4 is 10.6 Å². The van der Waals surface area contributed by atoms with Crippen molar-refractivity contribution in [2.45, 2.75) is 45.7 Å². The van der Waals surface area contributed by atoms with Crippen molar-refractivity contribution in [3.05, 3.63) is 11.6 Å². The van der Waals surface area contributed by atoms with Crippen LogP contribution in [-0.4, -0.2) is 60.7 Å². The van der Waals surface area contributed by atoms with Gasteiger partial charge in [0.15, 0.2) is 11.8 Å². The summed E-state index contributed by atoms with van der Waals surface area (Å²) in [6, 6.07) is 0. The van der Waals surface area contributed by atoms with E-state index in [0.29, 0.717) is 32.9 Å². The number of aromatic nitrogens is 3. The van der Waals surface area contributed by atoms with E-state index >= 15 is 0 Å². The van der Waals surface area contributed by atoms with Gasteiger partial charge in [-0.15, -0.1) is 34.2 Å². The van der Waals surface area contributed by atoms with E-state index < -0.39 is 0 Å². The van der Waals surface area contributed by atoms with Gasteiger partial charge in [0, 0.05) is 33.2 Å². The minimum Gasteiger partial charge on any atom is -0.379 e. The smallest absolute Gasteiger partial charge is 0.191 e. The van der Waals surface area contributed by atoms with Crippen LogP contribution in [0.1, 0.15) is 37.8 Å². The first-order valence-corrected chi connectivity index (χ1v) is 8.86. The predicted molar refractivity (Wildman–Crippen MR) is 109 cm³/mol. The predicted octanol–water partition coefficient (Wildman–Crippen LogP) is 1.34. The normalized spacial score (nSPS) is 13.4. The Hall–Kier alpha value is -0.940. The Bertz CT molecular complexity index is 509. The zero-order valence-electron chi connectivity index (χ0n) is 15.3. The lowest BCUT2D eigenvalue weighted by molar-refractivity contribution is 0.0487. The Kier molecular flexibility index (Phi) is 11.7. The van der Waals surface area contributed by atoms with Gasteiger partial charge in [-0.25, -0.2) is 0 Å². The van der Waals surface area contributed by atoms with Gasteiger partial charge in [-0.3, -0.25) is 4.99 Å². The standard InChI is InChI=1S/C16H30N6O2.HI/c1-3-4-9-23-11-12-24-10-7-18-16(17-2)19-13-15-21-20-14-6-5-8-22(14)15;/h3-13H2,1-2H3,(H2,17,18,19);1H. The minimum absolute atomic E-state index is 0. The zero-order chi connectivity index (χ0) is 17.0. The van der Waals surface area contributed by atoms with Crippen LogP contribution >= 0.6 is 24.0 Å². The molecule has 1 aromatic rings. The van der Waals surface area contributed by atoms with Crippen molar-refractivity contribution in [2.24, 2.45) is 4.99 Å². The highest BCUT2D eigenvalue weighted by atomic mass is 127. The second kappa shape index (κ2) is 13.3. The third kappa shape index (κ3) is 7.87. The highest BCUT2D eigenvalue weighted by molar-refractivity contribution is 14.0. The molecule has 1 aromatic heterocycles. The summed E-state index contributed by atoms with van der Waals surface area (Å²) in [7, 11) is 1.76. The lowest BCUT2D eigenvalue weighted by Gasteiger charge is -2.12. The van der Waals surface area contributed by atoms with E-state index in [1.807, 2.05) is 0 Å². The maximum Gasteiger partial charge on any atom is 0.191 e. The average Bonchev–Trinajstić information content (AvgIpc) is 3.20. The first-order chi connectivity index (χ1) is 11.8. The van der Waals surface area contributed by atoms with Gasteiger partial charge in [0.2, 0.25) is 0 Å². The summed E-state index contributed by atoms with van der Waals surface area (Å²) in [5, 5.41) is 14.9. The molecule has 0 aromatic carbocycles. The molecule has 2 rings (SSSR count). The Morgan fingerprint density at radius 2 is 1.96 bits per heavy atom. The first-order valence-electron chi connectivity index (χ1n) is 8.86. The molecule has 0 atom stereocenters. The van der Waals surface area contributed by atoms with Crippen LogP contribution in [0.15, 0.2) is 4.99 Å². The highest BCUT2D eigenvalue weighted by Gasteiger charge is 2.16. The number of aryl methyl sites for hydroxylation is 1. The van der Waals surface area contributed by atoms with Gasteiger partial charge in [0.05, 0.1) is 26.4 Å². The maximum atomic E-state index is 5.52. The quantitative estimate of drug-likeness (QED) is 0.222. The molecule has 0 saturated heterocycles. The maximum absolute atomic E-state index is 5.52. The topological polar surface area (TPSA) is 85.6 Å². The van der Waals surface area contributed by atoms with Crippen LogP contribution in [0.2, 0.25) is 0 Å². The molecule has 0 saturated carbocycles. The van der Waals surface area contributed by atoms with Crippen molar-refractivity contribution in [1.29, 1.82) is 0 Å². The van der Waals surface area contributed by atoms with Crippen molar-refractivity contribution in [2.75, 3.05) is 40.0 Å². The third-order valence-electron chi connectivity index (χ3n) is 3.88. The molecular formula is C16H31IN6O2. The summed E-state index contributed by atoms with van der Waals surface area (Å²) in [4.78, 5) is 4.21. The second-order valence-corrected chi connectivity index (χ2v) is 5.72. The van der Waals surface area contributed by atoms with E-state index in [1.54, 1.807) is 7.05 Å². The molecule has 8 nitrogen and oxygen atoms in total. The van der Waals surface area contributed by atoms with Gasteiger partial charge in [0.25, 0.3) is 0 Å². The van der Waals surface area contributed by atoms with Crippen LogP contribution in [-0.2, 0) is 29.0 Å². The summed E-state index contributed by atoms with van der Waals surface area (Å²) in [6.45, 7) is 7.22. The van der Waals surface area contributed by atoms with E-state index in [2.05, 4.69) is 37.3 Å². The molecule has 2 heterocycles. The molecule has 144 valence electrons. The number of ether oxygens (including phenoxy) is 2. The van der Waals surface area contributed by atoms with Crippen LogP contribution in [0.3, 0.4) is 0 Å². The van der Waals surface area contributed by atoms with Gasteiger partial charge < -0.3 is 24.7 Å². The van der Waals surface area contributed by atoms with Crippen LogP contribution in [0.5, 0.6) is 0 Å². The molecule has 2 N–H and O–H groups in total. The lowest BCUT2D eigenvalue weighted by Crippen LogP contribution is -2.39. The Morgan fingerprint density at radius 1 is 1.16 bits per heavy atom. The van der Waals surface area contributed by atoms with Crippen molar-refractivity contribution in [1.82, 2.24) is 25.4 Å². The summed E-state index contributed by atoms with van der Waals surface area (Å²) in [5.74, 6) is 2.79. The lowest BCUT2D eigenvalue weighted by atomic mass is 10.4. The largest absolute Gasteiger partial charge is 0.379 e. The monoisotopic (exact) mass is 466 g/mol. The second-order valence-electron chi connectivity index (χ2n) is 5.72. The van der Waals surface area contributed by atoms with Crippen molar-refractivity contribution in [3.8, 4) is 0 Å². The molecule has 0 bridgehead atoms. The Labute approximate surface area is 167 Å². The number of hydrogen-bond donors (Lipinski definition) is 2. The number of nitrogens with one attached hydrogen (secondary N) is 2. The van der Waals surface area contributed by atoms with Gasteiger partial charge in [-0.1, -0.05) is 13.3 Å². The summed E-state index contributed by atoms with van der Waals surface area (Å²) >= 11 is 0. The van der Waals surface area contributed by atoms with Crippen LogP contribution in [0.25, 0.3) is 0 Å². The van der Waals surface area contributed by atoms with Gasteiger partial charge in [0.1, 0.15) is 5.82 Å². The number of hydrogen-bond acceptors (Lipinski definition) is 5. The van der Waals surface area contributed by atoms with E-state index in [9.17, 15) is 0 Å². The summed E-state index contributed by atoms with van der Waals surface area (Å²) < 4.78 is 13.1. The van der Waals surface area contributed by atoms with Crippen molar-refractivity contribution >= 4 is 29.9 Å². The number of aliphatic imine (C=N–C) groups is 1. The highest BCUT2D eigenvalue weighted by Crippen LogP contribution is 2.13. The third-order valence-corrected chi connectivity index (χ3v) is 3.88. The molecule has 25 heavy (non-hydrogen) atoms. The number of unbranched alkanes of at least 4 members (excludes halogenated alkanes) is 1. The van der Waals surface area contributed by atoms with E-state index in [4.69, 9.17) is 9.47 Å². The fourth-order valence-electron chi connectivity index (χ4n) is 2.53. The van der Waals surface area contributed by atoms with Crippen molar-refractivity contribution < 1.29 is 9.47 Å². The number of nitrogens with zero attached hydrogens (tertiary/aromatic N) is 4. The molecule has 9 heteroatoms. The van der Waals surface area contributed by atoms with Gasteiger partial charge in [-0.05, 0) is 12.8 Å². The van der Waals surface area contributed by atoms with Crippen LogP contribution in [0.4, 0.5) is 0 Å². The zero-order valence-corrected chi connectivity index (χ0v) is 17.6. The number of guanidine groups is 1. The molecule has 0 spiro atoms. The van der Waals surface area contributed by atoms with Gasteiger partial charge in [-0.2, -0.15) is 0 Å². The molecule has 0 amide bonds. The molecule has 1 aliphatic rings. The average molecular weight is 466 g/mol. The fraction of sp³-hybridized carbons (Fsp3) is 0.812. The fourth-order valence-corrected chi connectivity index (χ4v) is 2.53. The minimum atomic E-state index is 0. The molecule has 0 radical (unpaired) electrons. The summed E-state index contributed by atoms with van der Waals surface area (Å²) in [6.07, 6.45) is 4.46. The van der Waals surface area contributed by atoms with Crippen molar-refractivity contribution in [3.63, 3.8) is 0 Å². The SMILES string of the molecule is CCCCOCCOCCNC(=NC)NCc1nnc2n1CCC2.I. The summed E-state index contributed by atoms with van der Waals surface area (Å²) in [5.41, 5.74) is 0. The molecule has 1 aliphatic heterocycles. The Morgan fingerprint density at radius 3 is 2.72 bits per heavy atom. The molecule has 0 aliphatic carbocycles. The van der Waals surface area contributed by atoms with E-state index in [-0.39, 0.29) is 24.0 Å². The Balaban J connectivity index is 0.00000312. The molecule has 0 fully saturated rings. The van der Waals surface area contributed by atoms with E-state index in [1.165, 1.54) is 0 Å².